The Morgan fingerprint density at radius 1 is 1.30 bits per heavy atom. The van der Waals surface area contributed by atoms with Crippen molar-refractivity contribution >= 4 is 28.3 Å². The number of anilines is 2. The van der Waals surface area contributed by atoms with Crippen LogP contribution in [0, 0.1) is 12.7 Å². The summed E-state index contributed by atoms with van der Waals surface area (Å²) < 4.78 is 20.0. The van der Waals surface area contributed by atoms with E-state index in [9.17, 15) is 19.4 Å². The molecule has 3 heterocycles. The smallest absolute Gasteiger partial charge is 0.292 e. The number of β-amino-alcohol motifs (C(OH)–C–C–N with tert-alkyl or cyclic N) is 2. The van der Waals surface area contributed by atoms with E-state index in [2.05, 4.69) is 10.3 Å². The molecule has 1 amide bonds. The highest BCUT2D eigenvalue weighted by atomic mass is 19.1. The summed E-state index contributed by atoms with van der Waals surface area (Å²) in [6, 6.07) is 6.33. The molecule has 0 radical (unpaired) electrons. The van der Waals surface area contributed by atoms with Gasteiger partial charge in [0.1, 0.15) is 17.1 Å². The minimum Gasteiger partial charge on any atom is -0.448 e. The Hall–Kier alpha value is -2.97. The third-order valence-corrected chi connectivity index (χ3v) is 4.61. The number of carbonyl (C=O) groups is 1. The third kappa shape index (κ3) is 3.13. The molecule has 27 heavy (non-hydrogen) atoms. The molecule has 3 N–H and O–H groups in total. The second-order valence-electron chi connectivity index (χ2n) is 6.63. The monoisotopic (exact) mass is 371 g/mol. The number of benzene rings is 1. The summed E-state index contributed by atoms with van der Waals surface area (Å²) in [5, 5.41) is 22.9. The summed E-state index contributed by atoms with van der Waals surface area (Å²) in [6.45, 7) is 1.77. The van der Waals surface area contributed by atoms with Crippen molar-refractivity contribution in [3.8, 4) is 0 Å². The number of aliphatic hydroxyl groups is 2. The summed E-state index contributed by atoms with van der Waals surface area (Å²) in [7, 11) is 0. The number of furan rings is 1. The minimum atomic E-state index is -1.01. The van der Waals surface area contributed by atoms with Crippen LogP contribution in [0.5, 0.6) is 0 Å². The zero-order valence-electron chi connectivity index (χ0n) is 14.5. The molecular weight excluding hydrogens is 353 g/mol. The van der Waals surface area contributed by atoms with Crippen LogP contribution in [0.1, 0.15) is 16.1 Å². The number of aliphatic hydroxyl groups excluding tert-OH is 2. The number of pyridine rings is 1. The van der Waals surface area contributed by atoms with Crippen LogP contribution in [0.4, 0.5) is 15.8 Å². The number of hydrogen-bond acceptors (Lipinski definition) is 6. The number of aromatic nitrogens is 1. The normalized spacial score (nSPS) is 19.6. The van der Waals surface area contributed by atoms with Gasteiger partial charge in [-0.1, -0.05) is 6.07 Å². The number of amides is 1. The number of hydrogen-bond donors (Lipinski definition) is 3. The van der Waals surface area contributed by atoms with Crippen molar-refractivity contribution in [2.24, 2.45) is 0 Å². The lowest BCUT2D eigenvalue weighted by Gasteiger charge is -2.15. The van der Waals surface area contributed by atoms with Crippen molar-refractivity contribution < 1.29 is 23.8 Å². The van der Waals surface area contributed by atoms with E-state index in [1.807, 2.05) is 0 Å². The zero-order chi connectivity index (χ0) is 19.1. The van der Waals surface area contributed by atoms with Crippen LogP contribution in [0.15, 0.2) is 41.1 Å². The van der Waals surface area contributed by atoms with Crippen LogP contribution in [-0.4, -0.2) is 51.3 Å². The number of halogens is 1. The molecule has 3 aromatic rings. The molecule has 1 saturated heterocycles. The number of likely N-dealkylation sites (tertiary alicyclic amines) is 1. The van der Waals surface area contributed by atoms with Gasteiger partial charge >= 0.3 is 0 Å². The molecule has 140 valence electrons. The molecular formula is C19H18FN3O4. The maximum Gasteiger partial charge on any atom is 0.292 e. The standard InChI is InChI=1S/C19H18FN3O4/c1-10-2-3-13(12(20)6-10)22-17-11-7-21-5-4-16(11)27-18(17)19(26)23-8-14(24)15(25)9-23/h2-7,14-15,22,24-25H,8-9H2,1H3. The Bertz CT molecular complexity index is 1010. The lowest BCUT2D eigenvalue weighted by Crippen LogP contribution is -2.30. The van der Waals surface area contributed by atoms with Gasteiger partial charge in [0.05, 0.1) is 23.3 Å². The fraction of sp³-hybridized carbons (Fsp3) is 0.263. The number of nitrogens with one attached hydrogen (secondary N) is 1. The van der Waals surface area contributed by atoms with E-state index < -0.39 is 23.9 Å². The van der Waals surface area contributed by atoms with Crippen LogP contribution in [-0.2, 0) is 0 Å². The second-order valence-corrected chi connectivity index (χ2v) is 6.63. The summed E-state index contributed by atoms with van der Waals surface area (Å²) >= 11 is 0. The highest BCUT2D eigenvalue weighted by molar-refractivity contribution is 6.07. The molecule has 2 aromatic heterocycles. The van der Waals surface area contributed by atoms with Gasteiger partial charge in [-0.25, -0.2) is 4.39 Å². The number of rotatable bonds is 3. The van der Waals surface area contributed by atoms with Gasteiger partial charge in [-0.15, -0.1) is 0 Å². The minimum absolute atomic E-state index is 0.00632. The van der Waals surface area contributed by atoms with Crippen molar-refractivity contribution in [2.75, 3.05) is 18.4 Å². The van der Waals surface area contributed by atoms with E-state index in [0.717, 1.165) is 5.56 Å². The van der Waals surface area contributed by atoms with E-state index in [0.29, 0.717) is 16.7 Å². The number of aryl methyl sites for hydroxylation is 1. The lowest BCUT2D eigenvalue weighted by atomic mass is 10.2. The molecule has 2 atom stereocenters. The fourth-order valence-electron chi connectivity index (χ4n) is 3.15. The summed E-state index contributed by atoms with van der Waals surface area (Å²) in [5.41, 5.74) is 1.68. The second kappa shape index (κ2) is 6.64. The molecule has 1 aromatic carbocycles. The Kier molecular flexibility index (Phi) is 4.29. The molecule has 8 heteroatoms. The first-order valence-electron chi connectivity index (χ1n) is 8.49. The van der Waals surface area contributed by atoms with E-state index in [-0.39, 0.29) is 24.5 Å². The first-order chi connectivity index (χ1) is 12.9. The van der Waals surface area contributed by atoms with Crippen LogP contribution < -0.4 is 5.32 Å². The molecule has 1 fully saturated rings. The largest absolute Gasteiger partial charge is 0.448 e. The van der Waals surface area contributed by atoms with Crippen molar-refractivity contribution in [3.05, 3.63) is 53.8 Å². The number of nitrogens with zero attached hydrogens (tertiary/aromatic N) is 2. The lowest BCUT2D eigenvalue weighted by molar-refractivity contribution is 0.0572. The highest BCUT2D eigenvalue weighted by Crippen LogP contribution is 2.35. The van der Waals surface area contributed by atoms with E-state index in [1.54, 1.807) is 25.1 Å². The van der Waals surface area contributed by atoms with E-state index in [4.69, 9.17) is 4.42 Å². The summed E-state index contributed by atoms with van der Waals surface area (Å²) in [6.07, 6.45) is 1.04. The summed E-state index contributed by atoms with van der Waals surface area (Å²) in [5.74, 6) is -0.991. The SMILES string of the molecule is Cc1ccc(Nc2c(C(=O)N3CC(O)C(O)C3)oc3ccncc23)c(F)c1. The number of fused-ring (bicyclic) bond motifs is 1. The van der Waals surface area contributed by atoms with Gasteiger partial charge in [-0.3, -0.25) is 9.78 Å². The molecule has 0 bridgehead atoms. The predicted molar refractivity (Wildman–Crippen MR) is 96.3 cm³/mol. The van der Waals surface area contributed by atoms with Gasteiger partial charge < -0.3 is 24.8 Å². The number of carbonyl (C=O) groups excluding carboxylic acids is 1. The van der Waals surface area contributed by atoms with Crippen LogP contribution in [0.2, 0.25) is 0 Å². The molecule has 7 nitrogen and oxygen atoms in total. The van der Waals surface area contributed by atoms with E-state index in [1.165, 1.54) is 23.4 Å². The molecule has 4 rings (SSSR count). The third-order valence-electron chi connectivity index (χ3n) is 4.61. The van der Waals surface area contributed by atoms with E-state index >= 15 is 0 Å². The molecule has 1 aliphatic rings. The van der Waals surface area contributed by atoms with Gasteiger partial charge in [0.25, 0.3) is 5.91 Å². The van der Waals surface area contributed by atoms with Crippen LogP contribution in [0.25, 0.3) is 11.0 Å². The Balaban J connectivity index is 1.76. The zero-order valence-corrected chi connectivity index (χ0v) is 14.5. The van der Waals surface area contributed by atoms with Crippen molar-refractivity contribution in [1.29, 1.82) is 0 Å². The first kappa shape index (κ1) is 17.4. The first-order valence-corrected chi connectivity index (χ1v) is 8.49. The predicted octanol–water partition coefficient (Wildman–Crippen LogP) is 2.20. The summed E-state index contributed by atoms with van der Waals surface area (Å²) in [4.78, 5) is 18.3. The van der Waals surface area contributed by atoms with Crippen molar-refractivity contribution in [1.82, 2.24) is 9.88 Å². The van der Waals surface area contributed by atoms with Crippen LogP contribution in [0.3, 0.4) is 0 Å². The highest BCUT2D eigenvalue weighted by Gasteiger charge is 2.35. The Morgan fingerprint density at radius 3 is 2.74 bits per heavy atom. The molecule has 0 saturated carbocycles. The quantitative estimate of drug-likeness (QED) is 0.653. The molecule has 0 spiro atoms. The van der Waals surface area contributed by atoms with Gasteiger partial charge in [-0.05, 0) is 30.7 Å². The Morgan fingerprint density at radius 2 is 2.04 bits per heavy atom. The average Bonchev–Trinajstić information content (AvgIpc) is 3.17. The van der Waals surface area contributed by atoms with Gasteiger partial charge in [-0.2, -0.15) is 0 Å². The van der Waals surface area contributed by atoms with Crippen molar-refractivity contribution in [3.63, 3.8) is 0 Å². The van der Waals surface area contributed by atoms with Gasteiger partial charge in [0.15, 0.2) is 0 Å². The Labute approximate surface area is 154 Å². The fourth-order valence-corrected chi connectivity index (χ4v) is 3.15. The topological polar surface area (TPSA) is 98.8 Å². The molecule has 2 unspecified atom stereocenters. The van der Waals surface area contributed by atoms with Gasteiger partial charge in [0.2, 0.25) is 5.76 Å². The maximum absolute atomic E-state index is 14.3. The molecule has 0 aliphatic carbocycles. The van der Waals surface area contributed by atoms with Crippen molar-refractivity contribution in [2.45, 2.75) is 19.1 Å². The average molecular weight is 371 g/mol. The maximum atomic E-state index is 14.3. The van der Waals surface area contributed by atoms with Crippen LogP contribution >= 0.6 is 0 Å². The molecule has 1 aliphatic heterocycles. The van der Waals surface area contributed by atoms with Gasteiger partial charge in [0, 0.05) is 25.5 Å².